The number of alkyl carbamates (subject to hydrolysis) is 1. The van der Waals surface area contributed by atoms with Crippen molar-refractivity contribution in [3.63, 3.8) is 0 Å². The van der Waals surface area contributed by atoms with Crippen molar-refractivity contribution in [1.82, 2.24) is 5.32 Å². The average molecular weight is 249 g/mol. The van der Waals surface area contributed by atoms with E-state index in [0.29, 0.717) is 18.5 Å². The molecule has 0 aliphatic heterocycles. The molecule has 0 saturated carbocycles. The molecule has 1 N–H and O–H groups in total. The Morgan fingerprint density at radius 1 is 1.56 bits per heavy atom. The fraction of sp³-hybridized carbons (Fsp3) is 0.800. The van der Waals surface area contributed by atoms with E-state index in [0.717, 1.165) is 0 Å². The van der Waals surface area contributed by atoms with Crippen molar-refractivity contribution in [1.29, 1.82) is 0 Å². The van der Waals surface area contributed by atoms with Gasteiger partial charge in [0.2, 0.25) is 0 Å². The van der Waals surface area contributed by atoms with Gasteiger partial charge >= 0.3 is 6.09 Å². The van der Waals surface area contributed by atoms with Gasteiger partial charge in [0, 0.05) is 6.42 Å². The molecule has 94 valence electrons. The van der Waals surface area contributed by atoms with Crippen LogP contribution < -0.4 is 5.32 Å². The van der Waals surface area contributed by atoms with Gasteiger partial charge in [-0.15, -0.1) is 0 Å². The number of carbonyl (C=O) groups is 2. The van der Waals surface area contributed by atoms with Gasteiger partial charge in [-0.05, 0) is 20.8 Å². The monoisotopic (exact) mass is 249 g/mol. The predicted octanol–water partition coefficient (Wildman–Crippen LogP) is 0.847. The molecule has 2 unspecified atom stereocenters. The highest BCUT2D eigenvalue weighted by Crippen LogP contribution is 2.07. The zero-order chi connectivity index (χ0) is 12.8. The fourth-order valence-electron chi connectivity index (χ4n) is 0.926. The van der Waals surface area contributed by atoms with Gasteiger partial charge in [-0.25, -0.2) is 4.79 Å². The van der Waals surface area contributed by atoms with Crippen LogP contribution in [0.4, 0.5) is 4.79 Å². The highest BCUT2D eigenvalue weighted by Gasteiger charge is 2.19. The van der Waals surface area contributed by atoms with Crippen molar-refractivity contribution in [2.45, 2.75) is 38.8 Å². The number of hydrogen-bond donors (Lipinski definition) is 1. The Balaban J connectivity index is 4.02. The molecule has 1 amide bonds. The van der Waals surface area contributed by atoms with Crippen LogP contribution >= 0.6 is 0 Å². The molecule has 0 spiro atoms. The molecule has 0 bridgehead atoms. The molecule has 0 fully saturated rings. The number of carbonyl (C=O) groups excluding carboxylic acids is 2. The molecule has 5 nitrogen and oxygen atoms in total. The number of amides is 1. The number of aldehydes is 1. The standard InChI is InChI=1S/C10H19NO4S/c1-10(2,3)15-9(13)11-8(7-12)5-6-16(4)14/h7-8H,5-6H2,1-4H3,(H,11,13). The first-order valence-corrected chi connectivity index (χ1v) is 6.72. The third kappa shape index (κ3) is 8.55. The third-order valence-corrected chi connectivity index (χ3v) is 2.39. The van der Waals surface area contributed by atoms with E-state index in [9.17, 15) is 14.1 Å². The summed E-state index contributed by atoms with van der Waals surface area (Å²) in [6.45, 7) is 5.22. The predicted molar refractivity (Wildman–Crippen MR) is 62.8 cm³/mol. The molecule has 0 aliphatic rings. The van der Waals surface area contributed by atoms with Crippen LogP contribution in [-0.2, 0) is 20.7 Å². The Kier molecular flexibility index (Phi) is 6.43. The lowest BCUT2D eigenvalue weighted by Crippen LogP contribution is -2.40. The molecule has 0 saturated heterocycles. The lowest BCUT2D eigenvalue weighted by Gasteiger charge is -2.21. The highest BCUT2D eigenvalue weighted by molar-refractivity contribution is 7.90. The topological polar surface area (TPSA) is 78.5 Å². The maximum atomic E-state index is 11.3. The quantitative estimate of drug-likeness (QED) is 0.578. The zero-order valence-electron chi connectivity index (χ0n) is 10.1. The van der Waals surface area contributed by atoms with E-state index in [1.54, 1.807) is 27.0 Å². The molecule has 16 heavy (non-hydrogen) atoms. The maximum absolute atomic E-state index is 11.3. The lowest BCUT2D eigenvalue weighted by molar-refractivity contribution is -0.109. The summed E-state index contributed by atoms with van der Waals surface area (Å²) in [5.41, 5.74) is -0.592. The molecule has 0 aromatic rings. The van der Waals surface area contributed by atoms with Gasteiger partial charge in [-0.2, -0.15) is 0 Å². The van der Waals surface area contributed by atoms with Crippen LogP contribution in [0.25, 0.3) is 0 Å². The zero-order valence-corrected chi connectivity index (χ0v) is 10.9. The first-order chi connectivity index (χ1) is 7.24. The van der Waals surface area contributed by atoms with Gasteiger partial charge < -0.3 is 19.4 Å². The molecule has 6 heteroatoms. The number of hydrogen-bond acceptors (Lipinski definition) is 4. The normalized spacial score (nSPS) is 15.1. The van der Waals surface area contributed by atoms with Crippen LogP contribution in [0.5, 0.6) is 0 Å². The molecule has 0 aromatic carbocycles. The minimum absolute atomic E-state index is 0.353. The summed E-state index contributed by atoms with van der Waals surface area (Å²) in [6.07, 6.45) is 1.89. The minimum atomic E-state index is -0.973. The van der Waals surface area contributed by atoms with Gasteiger partial charge in [0.05, 0.1) is 12.3 Å². The molecule has 0 aliphatic carbocycles. The Bertz CT molecular complexity index is 237. The molecular weight excluding hydrogens is 230 g/mol. The molecule has 0 rings (SSSR count). The van der Waals surface area contributed by atoms with Gasteiger partial charge in [0.15, 0.2) is 0 Å². The van der Waals surface area contributed by atoms with Crippen molar-refractivity contribution >= 4 is 23.6 Å². The molecule has 0 radical (unpaired) electrons. The Hall–Kier alpha value is -0.750. The molecular formula is C10H19NO4S. The van der Waals surface area contributed by atoms with Crippen molar-refractivity contribution in [2.24, 2.45) is 0 Å². The van der Waals surface area contributed by atoms with E-state index in [1.807, 2.05) is 0 Å². The van der Waals surface area contributed by atoms with Crippen LogP contribution in [0.15, 0.2) is 0 Å². The summed E-state index contributed by atoms with van der Waals surface area (Å²) in [4.78, 5) is 22.0. The fourth-order valence-corrected chi connectivity index (χ4v) is 1.51. The largest absolute Gasteiger partial charge is 0.617 e. The van der Waals surface area contributed by atoms with Gasteiger partial charge in [-0.1, -0.05) is 11.2 Å². The van der Waals surface area contributed by atoms with Crippen molar-refractivity contribution in [3.8, 4) is 0 Å². The Morgan fingerprint density at radius 2 is 2.12 bits per heavy atom. The average Bonchev–Trinajstić information content (AvgIpc) is 2.08. The smallest absolute Gasteiger partial charge is 0.408 e. The second kappa shape index (κ2) is 6.75. The summed E-state index contributed by atoms with van der Waals surface area (Å²) >= 11 is -0.973. The van der Waals surface area contributed by atoms with Crippen LogP contribution in [0, 0.1) is 0 Å². The third-order valence-electron chi connectivity index (χ3n) is 1.58. The highest BCUT2D eigenvalue weighted by atomic mass is 32.2. The van der Waals surface area contributed by atoms with E-state index in [1.165, 1.54) is 0 Å². The SMILES string of the molecule is C[S+]([O-])CCC(C=O)NC(=O)OC(C)(C)C. The lowest BCUT2D eigenvalue weighted by atomic mass is 10.2. The molecule has 0 aromatic heterocycles. The number of nitrogens with one attached hydrogen (secondary N) is 1. The van der Waals surface area contributed by atoms with Crippen LogP contribution in [0.1, 0.15) is 27.2 Å². The van der Waals surface area contributed by atoms with Crippen LogP contribution in [-0.4, -0.2) is 40.6 Å². The minimum Gasteiger partial charge on any atom is -0.617 e. The Labute approximate surface area is 99.1 Å². The molecule has 0 heterocycles. The van der Waals surface area contributed by atoms with E-state index in [-0.39, 0.29) is 0 Å². The maximum Gasteiger partial charge on any atom is 0.408 e. The second-order valence-corrected chi connectivity index (χ2v) is 6.01. The van der Waals surface area contributed by atoms with Gasteiger partial charge in [-0.3, -0.25) is 0 Å². The Morgan fingerprint density at radius 3 is 2.50 bits per heavy atom. The summed E-state index contributed by atoms with van der Waals surface area (Å²) in [5.74, 6) is 0.374. The number of rotatable bonds is 5. The van der Waals surface area contributed by atoms with Crippen molar-refractivity contribution in [3.05, 3.63) is 0 Å². The summed E-state index contributed by atoms with van der Waals surface area (Å²) in [7, 11) is 0. The van der Waals surface area contributed by atoms with Gasteiger partial charge in [0.1, 0.15) is 17.6 Å². The first-order valence-electron chi connectivity index (χ1n) is 4.99. The number of ether oxygens (including phenoxy) is 1. The molecule has 2 atom stereocenters. The van der Waals surface area contributed by atoms with Gasteiger partial charge in [0.25, 0.3) is 0 Å². The van der Waals surface area contributed by atoms with E-state index < -0.39 is 28.9 Å². The van der Waals surface area contributed by atoms with Crippen molar-refractivity contribution < 1.29 is 18.9 Å². The van der Waals surface area contributed by atoms with Crippen LogP contribution in [0.2, 0.25) is 0 Å². The summed E-state index contributed by atoms with van der Waals surface area (Å²) in [6, 6.07) is -0.640. The second-order valence-electron chi connectivity index (χ2n) is 4.45. The van der Waals surface area contributed by atoms with Crippen LogP contribution in [0.3, 0.4) is 0 Å². The van der Waals surface area contributed by atoms with Crippen molar-refractivity contribution in [2.75, 3.05) is 12.0 Å². The van der Waals surface area contributed by atoms with E-state index >= 15 is 0 Å². The summed E-state index contributed by atoms with van der Waals surface area (Å²) < 4.78 is 15.8. The van der Waals surface area contributed by atoms with E-state index in [4.69, 9.17) is 4.74 Å². The van der Waals surface area contributed by atoms with E-state index in [2.05, 4.69) is 5.32 Å². The summed E-state index contributed by atoms with van der Waals surface area (Å²) in [5, 5.41) is 2.41. The first kappa shape index (κ1) is 15.2.